The lowest BCUT2D eigenvalue weighted by molar-refractivity contribution is 0.126. The fourth-order valence-corrected chi connectivity index (χ4v) is 3.80. The fraction of sp³-hybridized carbons (Fsp3) is 0.263. The highest BCUT2D eigenvalue weighted by molar-refractivity contribution is 7.99. The molecule has 0 spiro atoms. The quantitative estimate of drug-likeness (QED) is 0.410. The Labute approximate surface area is 161 Å². The van der Waals surface area contributed by atoms with E-state index in [1.807, 2.05) is 41.8 Å². The summed E-state index contributed by atoms with van der Waals surface area (Å²) in [7, 11) is 0. The standard InChI is InChI=1S/C19H21N3O2S2/c1-2-6-14-7-3-4-9-17(14)24-12-15(23)13-26-19-20-18(21-22-19)11-16-8-5-10-25-16/h2-5,7-10,15,23H,1,6,11-13H2,(H,20,21,22). The maximum absolute atomic E-state index is 10.2. The first kappa shape index (κ1) is 18.7. The van der Waals surface area contributed by atoms with Crippen molar-refractivity contribution in [3.63, 3.8) is 0 Å². The lowest BCUT2D eigenvalue weighted by Crippen LogP contribution is -2.20. The number of nitrogens with one attached hydrogen (secondary N) is 1. The van der Waals surface area contributed by atoms with Gasteiger partial charge in [-0.05, 0) is 29.5 Å². The zero-order valence-corrected chi connectivity index (χ0v) is 15.9. The number of rotatable bonds is 10. The number of hydrogen-bond donors (Lipinski definition) is 2. The zero-order valence-electron chi connectivity index (χ0n) is 14.3. The fourth-order valence-electron chi connectivity index (χ4n) is 2.37. The number of thiophene rings is 1. The van der Waals surface area contributed by atoms with Gasteiger partial charge in [-0.3, -0.25) is 5.10 Å². The highest BCUT2D eigenvalue weighted by Crippen LogP contribution is 2.20. The van der Waals surface area contributed by atoms with Crippen molar-refractivity contribution in [1.82, 2.24) is 15.2 Å². The van der Waals surface area contributed by atoms with Gasteiger partial charge in [-0.1, -0.05) is 42.1 Å². The van der Waals surface area contributed by atoms with Crippen molar-refractivity contribution < 1.29 is 9.84 Å². The van der Waals surface area contributed by atoms with Gasteiger partial charge in [0.25, 0.3) is 0 Å². The molecule has 3 rings (SSSR count). The van der Waals surface area contributed by atoms with E-state index in [-0.39, 0.29) is 6.61 Å². The van der Waals surface area contributed by atoms with E-state index >= 15 is 0 Å². The second-order valence-corrected chi connectivity index (χ2v) is 7.72. The van der Waals surface area contributed by atoms with Crippen molar-refractivity contribution in [2.45, 2.75) is 24.1 Å². The van der Waals surface area contributed by atoms with E-state index in [2.05, 4.69) is 27.8 Å². The predicted octanol–water partition coefficient (Wildman–Crippen LogP) is 3.72. The molecule has 7 heteroatoms. The van der Waals surface area contributed by atoms with Crippen LogP contribution in [0.5, 0.6) is 5.75 Å². The SMILES string of the molecule is C=CCc1ccccc1OCC(O)CSc1n[nH]c(Cc2cccs2)n1. The first-order valence-corrected chi connectivity index (χ1v) is 10.2. The predicted molar refractivity (Wildman–Crippen MR) is 106 cm³/mol. The molecule has 0 amide bonds. The number of ether oxygens (including phenoxy) is 1. The Bertz CT molecular complexity index is 818. The second kappa shape index (κ2) is 9.56. The molecule has 0 radical (unpaired) electrons. The number of aliphatic hydroxyl groups is 1. The molecule has 2 heterocycles. The summed E-state index contributed by atoms with van der Waals surface area (Å²) in [6.07, 6.45) is 2.73. The Morgan fingerprint density at radius 2 is 2.19 bits per heavy atom. The largest absolute Gasteiger partial charge is 0.491 e. The van der Waals surface area contributed by atoms with Crippen molar-refractivity contribution in [3.8, 4) is 5.75 Å². The lowest BCUT2D eigenvalue weighted by atomic mass is 10.1. The van der Waals surface area contributed by atoms with Gasteiger partial charge in [-0.2, -0.15) is 0 Å². The number of thioether (sulfide) groups is 1. The molecule has 0 aliphatic rings. The van der Waals surface area contributed by atoms with Crippen LogP contribution in [-0.2, 0) is 12.8 Å². The zero-order chi connectivity index (χ0) is 18.2. The summed E-state index contributed by atoms with van der Waals surface area (Å²) >= 11 is 3.11. The highest BCUT2D eigenvalue weighted by Gasteiger charge is 2.11. The summed E-state index contributed by atoms with van der Waals surface area (Å²) in [5.41, 5.74) is 1.06. The molecule has 1 unspecified atom stereocenters. The molecule has 2 aromatic heterocycles. The minimum Gasteiger partial charge on any atom is -0.491 e. The summed E-state index contributed by atoms with van der Waals surface area (Å²) in [6, 6.07) is 11.9. The van der Waals surface area contributed by atoms with Gasteiger partial charge in [-0.25, -0.2) is 4.98 Å². The van der Waals surface area contributed by atoms with E-state index in [0.717, 1.165) is 30.0 Å². The molecule has 0 aliphatic heterocycles. The van der Waals surface area contributed by atoms with Gasteiger partial charge in [-0.15, -0.1) is 23.0 Å². The number of para-hydroxylation sites is 1. The Morgan fingerprint density at radius 1 is 1.31 bits per heavy atom. The summed E-state index contributed by atoms with van der Waals surface area (Å²) in [5, 5.41) is 20.0. The van der Waals surface area contributed by atoms with Crippen molar-refractivity contribution >= 4 is 23.1 Å². The van der Waals surface area contributed by atoms with Gasteiger partial charge in [0.1, 0.15) is 18.2 Å². The molecular formula is C19H21N3O2S2. The number of benzene rings is 1. The third-order valence-electron chi connectivity index (χ3n) is 3.61. The first-order valence-electron chi connectivity index (χ1n) is 8.30. The Kier molecular flexibility index (Phi) is 6.88. The van der Waals surface area contributed by atoms with Crippen molar-refractivity contribution in [2.75, 3.05) is 12.4 Å². The number of aromatic amines is 1. The molecule has 0 aliphatic carbocycles. The molecule has 1 aromatic carbocycles. The summed E-state index contributed by atoms with van der Waals surface area (Å²) in [4.78, 5) is 5.69. The molecule has 5 nitrogen and oxygen atoms in total. The molecule has 26 heavy (non-hydrogen) atoms. The van der Waals surface area contributed by atoms with Crippen LogP contribution in [0.3, 0.4) is 0 Å². The molecule has 0 fully saturated rings. The third-order valence-corrected chi connectivity index (χ3v) is 5.47. The first-order chi connectivity index (χ1) is 12.7. The highest BCUT2D eigenvalue weighted by atomic mass is 32.2. The minimum atomic E-state index is -0.601. The second-order valence-electron chi connectivity index (χ2n) is 5.70. The van der Waals surface area contributed by atoms with Crippen molar-refractivity contribution in [1.29, 1.82) is 0 Å². The average Bonchev–Trinajstić information content (AvgIpc) is 3.32. The number of hydrogen-bond acceptors (Lipinski definition) is 6. The van der Waals surface area contributed by atoms with E-state index in [1.165, 1.54) is 16.6 Å². The van der Waals surface area contributed by atoms with E-state index < -0.39 is 6.10 Å². The van der Waals surface area contributed by atoms with Crippen LogP contribution in [0.25, 0.3) is 0 Å². The van der Waals surface area contributed by atoms with Gasteiger partial charge < -0.3 is 9.84 Å². The molecule has 0 saturated carbocycles. The third kappa shape index (κ3) is 5.45. The normalized spacial score (nSPS) is 12.0. The number of nitrogens with zero attached hydrogens (tertiary/aromatic N) is 2. The summed E-state index contributed by atoms with van der Waals surface area (Å²) in [5.74, 6) is 2.09. The smallest absolute Gasteiger partial charge is 0.208 e. The van der Waals surface area contributed by atoms with Crippen LogP contribution in [0.4, 0.5) is 0 Å². The van der Waals surface area contributed by atoms with Crippen LogP contribution >= 0.6 is 23.1 Å². The molecule has 0 bridgehead atoms. The van der Waals surface area contributed by atoms with Gasteiger partial charge in [0, 0.05) is 17.1 Å². The molecule has 3 aromatic rings. The molecular weight excluding hydrogens is 366 g/mol. The van der Waals surface area contributed by atoms with Gasteiger partial charge in [0.2, 0.25) is 5.16 Å². The monoisotopic (exact) mass is 387 g/mol. The van der Waals surface area contributed by atoms with Gasteiger partial charge in [0.05, 0.1) is 6.10 Å². The van der Waals surface area contributed by atoms with Crippen LogP contribution in [0.2, 0.25) is 0 Å². The average molecular weight is 388 g/mol. The van der Waals surface area contributed by atoms with Crippen LogP contribution in [0.15, 0.2) is 59.6 Å². The number of H-pyrrole nitrogens is 1. The van der Waals surface area contributed by atoms with Gasteiger partial charge >= 0.3 is 0 Å². The number of aliphatic hydroxyl groups excluding tert-OH is 1. The molecule has 0 saturated heterocycles. The molecule has 1 atom stereocenters. The van der Waals surface area contributed by atoms with Gasteiger partial charge in [0.15, 0.2) is 0 Å². The summed E-state index contributed by atoms with van der Waals surface area (Å²) < 4.78 is 5.76. The Hall–Kier alpha value is -2.09. The maximum Gasteiger partial charge on any atom is 0.208 e. The van der Waals surface area contributed by atoms with E-state index in [1.54, 1.807) is 11.3 Å². The topological polar surface area (TPSA) is 71.0 Å². The summed E-state index contributed by atoms with van der Waals surface area (Å²) in [6.45, 7) is 3.99. The minimum absolute atomic E-state index is 0.230. The lowest BCUT2D eigenvalue weighted by Gasteiger charge is -2.13. The number of allylic oxidation sites excluding steroid dienone is 1. The van der Waals surface area contributed by atoms with Crippen LogP contribution in [-0.4, -0.2) is 38.8 Å². The van der Waals surface area contributed by atoms with Crippen LogP contribution in [0, 0.1) is 0 Å². The van der Waals surface area contributed by atoms with Crippen LogP contribution in [0.1, 0.15) is 16.3 Å². The van der Waals surface area contributed by atoms with E-state index in [0.29, 0.717) is 10.9 Å². The van der Waals surface area contributed by atoms with E-state index in [4.69, 9.17) is 4.74 Å². The molecule has 136 valence electrons. The maximum atomic E-state index is 10.2. The number of aromatic nitrogens is 3. The Balaban J connectivity index is 1.45. The Morgan fingerprint density at radius 3 is 3.00 bits per heavy atom. The van der Waals surface area contributed by atoms with Crippen LogP contribution < -0.4 is 4.74 Å². The van der Waals surface area contributed by atoms with Crippen molar-refractivity contribution in [3.05, 3.63) is 70.7 Å². The van der Waals surface area contributed by atoms with E-state index in [9.17, 15) is 5.11 Å². The molecule has 2 N–H and O–H groups in total. The van der Waals surface area contributed by atoms with Crippen molar-refractivity contribution in [2.24, 2.45) is 0 Å².